The van der Waals surface area contributed by atoms with Gasteiger partial charge in [0.05, 0.1) is 6.54 Å². The number of carbonyl (C=O) groups is 1. The maximum absolute atomic E-state index is 10.9. The Morgan fingerprint density at radius 1 is 1.08 bits per heavy atom. The van der Waals surface area contributed by atoms with Crippen LogP contribution in [0.2, 0.25) is 0 Å². The molecule has 3 aromatic rings. The summed E-state index contributed by atoms with van der Waals surface area (Å²) in [6.45, 7) is 2.73. The summed E-state index contributed by atoms with van der Waals surface area (Å²) >= 11 is 3.39. The topological polar surface area (TPSA) is 40.5 Å². The summed E-state index contributed by atoms with van der Waals surface area (Å²) in [6.07, 6.45) is 2.12. The number of aliphatic carboxylic acids is 1. The number of nitrogens with zero attached hydrogens (tertiary/aromatic N) is 1. The molecule has 0 saturated heterocycles. The lowest BCUT2D eigenvalue weighted by Crippen LogP contribution is -2.25. The molecule has 2 heterocycles. The number of hydrogen-bond acceptors (Lipinski definition) is 4. The van der Waals surface area contributed by atoms with Crippen LogP contribution in [0.15, 0.2) is 57.9 Å². The number of likely N-dealkylation sites (N-methyl/N-ethyl adjacent to an activating group) is 1. The number of carboxylic acids is 1. The van der Waals surface area contributed by atoms with Gasteiger partial charge in [-0.25, -0.2) is 0 Å². The van der Waals surface area contributed by atoms with E-state index in [9.17, 15) is 4.79 Å². The first-order valence-electron chi connectivity index (χ1n) is 8.31. The van der Waals surface area contributed by atoms with Gasteiger partial charge in [-0.2, -0.15) is 22.7 Å². The predicted octanol–water partition coefficient (Wildman–Crippen LogP) is 5.23. The zero-order chi connectivity index (χ0) is 18.5. The molecule has 0 unspecified atom stereocenters. The summed E-state index contributed by atoms with van der Waals surface area (Å²) in [5.41, 5.74) is 7.19. The van der Waals surface area contributed by atoms with Gasteiger partial charge >= 0.3 is 5.97 Å². The third-order valence-corrected chi connectivity index (χ3v) is 5.75. The molecule has 0 aliphatic rings. The summed E-state index contributed by atoms with van der Waals surface area (Å²) in [7, 11) is 1.82. The number of hydrogen-bond donors (Lipinski definition) is 1. The molecular formula is C21H21NO2S2. The van der Waals surface area contributed by atoms with Crippen molar-refractivity contribution in [2.24, 2.45) is 0 Å². The van der Waals surface area contributed by atoms with Gasteiger partial charge in [0.15, 0.2) is 0 Å². The van der Waals surface area contributed by atoms with E-state index in [1.54, 1.807) is 27.6 Å². The second-order valence-corrected chi connectivity index (χ2v) is 7.79. The molecule has 0 spiro atoms. The maximum Gasteiger partial charge on any atom is 0.317 e. The lowest BCUT2D eigenvalue weighted by atomic mass is 9.95. The lowest BCUT2D eigenvalue weighted by Gasteiger charge is -2.14. The van der Waals surface area contributed by atoms with Gasteiger partial charge in [0, 0.05) is 6.54 Å². The first kappa shape index (κ1) is 18.6. The Morgan fingerprint density at radius 3 is 2.42 bits per heavy atom. The minimum absolute atomic E-state index is 0.0312. The summed E-state index contributed by atoms with van der Waals surface area (Å²) in [4.78, 5) is 12.7. The monoisotopic (exact) mass is 383 g/mol. The molecule has 0 atom stereocenters. The van der Waals surface area contributed by atoms with Crippen LogP contribution in [0, 0.1) is 6.92 Å². The molecule has 0 amide bonds. The quantitative estimate of drug-likeness (QED) is 0.607. The Morgan fingerprint density at radius 2 is 1.85 bits per heavy atom. The van der Waals surface area contributed by atoms with Crippen LogP contribution in [-0.2, 0) is 4.79 Å². The zero-order valence-corrected chi connectivity index (χ0v) is 16.4. The van der Waals surface area contributed by atoms with Gasteiger partial charge in [0.2, 0.25) is 0 Å². The van der Waals surface area contributed by atoms with Crippen LogP contribution >= 0.6 is 22.7 Å². The minimum atomic E-state index is -0.811. The summed E-state index contributed by atoms with van der Waals surface area (Å²) in [5, 5.41) is 17.5. The van der Waals surface area contributed by atoms with Crippen molar-refractivity contribution in [1.82, 2.24) is 4.90 Å². The number of benzene rings is 1. The lowest BCUT2D eigenvalue weighted by molar-refractivity contribution is -0.137. The van der Waals surface area contributed by atoms with E-state index in [1.807, 2.05) is 7.05 Å². The van der Waals surface area contributed by atoms with Crippen molar-refractivity contribution in [1.29, 1.82) is 0 Å². The molecule has 134 valence electrons. The average Bonchev–Trinajstić information content (AvgIpc) is 3.27. The van der Waals surface area contributed by atoms with E-state index in [0.717, 1.165) is 11.1 Å². The first-order chi connectivity index (χ1) is 12.5. The second kappa shape index (κ2) is 8.45. The van der Waals surface area contributed by atoms with Crippen LogP contribution in [0.5, 0.6) is 0 Å². The molecule has 0 aliphatic heterocycles. The van der Waals surface area contributed by atoms with E-state index in [1.165, 1.54) is 22.3 Å². The van der Waals surface area contributed by atoms with E-state index in [0.29, 0.717) is 6.54 Å². The largest absolute Gasteiger partial charge is 0.480 e. The standard InChI is InChI=1S/C21H21NO2S2/c1-15-12-26-14-20(15)19(7-9-22(2)11-21(23)24)17-5-3-16(4-6-17)18-8-10-25-13-18/h3-8,10,12-14H,9,11H2,1-2H3,(H,23,24)/b19-7-. The number of rotatable bonds is 7. The Bertz CT molecular complexity index is 893. The number of aryl methyl sites for hydroxylation is 1. The molecule has 2 aromatic heterocycles. The fraction of sp³-hybridized carbons (Fsp3) is 0.190. The SMILES string of the molecule is Cc1cscc1/C(=C\CN(C)CC(=O)O)c1ccc(-c2ccsc2)cc1. The van der Waals surface area contributed by atoms with Gasteiger partial charge in [-0.1, -0.05) is 30.3 Å². The molecule has 3 rings (SSSR count). The van der Waals surface area contributed by atoms with Crippen LogP contribution in [0.25, 0.3) is 16.7 Å². The third kappa shape index (κ3) is 4.49. The maximum atomic E-state index is 10.9. The molecule has 26 heavy (non-hydrogen) atoms. The van der Waals surface area contributed by atoms with E-state index < -0.39 is 5.97 Å². The first-order valence-corrected chi connectivity index (χ1v) is 10.2. The van der Waals surface area contributed by atoms with Crippen molar-refractivity contribution in [3.05, 3.63) is 74.6 Å². The molecule has 5 heteroatoms. The minimum Gasteiger partial charge on any atom is -0.480 e. The molecule has 0 aliphatic carbocycles. The van der Waals surface area contributed by atoms with Crippen molar-refractivity contribution in [3.63, 3.8) is 0 Å². The molecule has 0 radical (unpaired) electrons. The summed E-state index contributed by atoms with van der Waals surface area (Å²) in [5.74, 6) is -0.811. The molecule has 1 N–H and O–H groups in total. The molecule has 0 saturated carbocycles. The van der Waals surface area contributed by atoms with Crippen LogP contribution < -0.4 is 0 Å². The summed E-state index contributed by atoms with van der Waals surface area (Å²) < 4.78 is 0. The van der Waals surface area contributed by atoms with E-state index in [2.05, 4.69) is 64.9 Å². The fourth-order valence-electron chi connectivity index (χ4n) is 2.83. The smallest absolute Gasteiger partial charge is 0.317 e. The molecular weight excluding hydrogens is 362 g/mol. The van der Waals surface area contributed by atoms with Crippen molar-refractivity contribution in [2.75, 3.05) is 20.1 Å². The highest BCUT2D eigenvalue weighted by atomic mass is 32.1. The molecule has 3 nitrogen and oxygen atoms in total. The van der Waals surface area contributed by atoms with Crippen LogP contribution in [0.3, 0.4) is 0 Å². The highest BCUT2D eigenvalue weighted by Gasteiger charge is 2.11. The zero-order valence-electron chi connectivity index (χ0n) is 14.8. The number of carboxylic acid groups (broad SMARTS) is 1. The van der Waals surface area contributed by atoms with E-state index >= 15 is 0 Å². The Balaban J connectivity index is 1.90. The van der Waals surface area contributed by atoms with Crippen LogP contribution in [-0.4, -0.2) is 36.1 Å². The predicted molar refractivity (Wildman–Crippen MR) is 111 cm³/mol. The van der Waals surface area contributed by atoms with Crippen molar-refractivity contribution in [3.8, 4) is 11.1 Å². The average molecular weight is 384 g/mol. The van der Waals surface area contributed by atoms with Gasteiger partial charge in [-0.05, 0) is 74.9 Å². The van der Waals surface area contributed by atoms with Gasteiger partial charge in [-0.3, -0.25) is 9.69 Å². The van der Waals surface area contributed by atoms with Crippen molar-refractivity contribution < 1.29 is 9.90 Å². The Labute approximate surface area is 161 Å². The van der Waals surface area contributed by atoms with Gasteiger partial charge in [-0.15, -0.1) is 0 Å². The van der Waals surface area contributed by atoms with Crippen LogP contribution in [0.4, 0.5) is 0 Å². The Hall–Kier alpha value is -2.21. The van der Waals surface area contributed by atoms with Crippen molar-refractivity contribution >= 4 is 34.2 Å². The second-order valence-electron chi connectivity index (χ2n) is 6.27. The number of thiophene rings is 2. The van der Waals surface area contributed by atoms with E-state index in [4.69, 9.17) is 5.11 Å². The van der Waals surface area contributed by atoms with Gasteiger partial charge < -0.3 is 5.11 Å². The van der Waals surface area contributed by atoms with Gasteiger partial charge in [0.25, 0.3) is 0 Å². The van der Waals surface area contributed by atoms with Gasteiger partial charge in [0.1, 0.15) is 0 Å². The highest BCUT2D eigenvalue weighted by Crippen LogP contribution is 2.31. The molecule has 0 bridgehead atoms. The third-order valence-electron chi connectivity index (χ3n) is 4.21. The van der Waals surface area contributed by atoms with E-state index in [-0.39, 0.29) is 6.54 Å². The van der Waals surface area contributed by atoms with Crippen LogP contribution in [0.1, 0.15) is 16.7 Å². The fourth-order valence-corrected chi connectivity index (χ4v) is 4.35. The highest BCUT2D eigenvalue weighted by molar-refractivity contribution is 7.08. The normalized spacial score (nSPS) is 11.9. The molecule has 0 fully saturated rings. The Kier molecular flexibility index (Phi) is 6.04. The van der Waals surface area contributed by atoms with Crippen molar-refractivity contribution in [2.45, 2.75) is 6.92 Å². The molecule has 1 aromatic carbocycles. The summed E-state index contributed by atoms with van der Waals surface area (Å²) in [6, 6.07) is 10.7.